The summed E-state index contributed by atoms with van der Waals surface area (Å²) in [6.07, 6.45) is 2.94. The van der Waals surface area contributed by atoms with Crippen molar-refractivity contribution in [3.63, 3.8) is 0 Å². The molecule has 1 aliphatic carbocycles. The van der Waals surface area contributed by atoms with Crippen LogP contribution < -0.4 is 5.32 Å². The molecular weight excluding hydrogens is 268 g/mol. The number of nitrogens with zero attached hydrogens (tertiary/aromatic N) is 3. The molecule has 0 amide bonds. The lowest BCUT2D eigenvalue weighted by atomic mass is 9.76. The molecule has 1 aliphatic rings. The van der Waals surface area contributed by atoms with Crippen LogP contribution in [0.5, 0.6) is 0 Å². The Morgan fingerprint density at radius 1 is 1.48 bits per heavy atom. The van der Waals surface area contributed by atoms with Gasteiger partial charge in [0.1, 0.15) is 17.2 Å². The first-order chi connectivity index (χ1) is 9.89. The van der Waals surface area contributed by atoms with Crippen molar-refractivity contribution in [3.05, 3.63) is 16.8 Å². The van der Waals surface area contributed by atoms with E-state index in [1.165, 1.54) is 0 Å². The van der Waals surface area contributed by atoms with Crippen LogP contribution in [-0.2, 0) is 4.79 Å². The molecule has 0 radical (unpaired) electrons. The lowest BCUT2D eigenvalue weighted by Gasteiger charge is -2.37. The maximum atomic E-state index is 11.8. The summed E-state index contributed by atoms with van der Waals surface area (Å²) in [5.74, 6) is -0.289. The molecule has 1 saturated carbocycles. The van der Waals surface area contributed by atoms with Crippen molar-refractivity contribution in [2.75, 3.05) is 5.32 Å². The fraction of sp³-hybridized carbons (Fsp3) is 0.600. The first kappa shape index (κ1) is 15.2. The van der Waals surface area contributed by atoms with E-state index < -0.39 is 11.5 Å². The number of hydrogen-bond donors (Lipinski definition) is 2. The van der Waals surface area contributed by atoms with Gasteiger partial charge in [-0.2, -0.15) is 10.4 Å². The Morgan fingerprint density at radius 3 is 2.76 bits per heavy atom. The van der Waals surface area contributed by atoms with Gasteiger partial charge in [-0.1, -0.05) is 19.8 Å². The molecule has 2 N–H and O–H groups in total. The Balaban J connectivity index is 2.41. The zero-order valence-corrected chi connectivity index (χ0v) is 12.6. The lowest BCUT2D eigenvalue weighted by molar-refractivity contribution is -0.144. The summed E-state index contributed by atoms with van der Waals surface area (Å²) >= 11 is 0. The molecular formula is C15H20N4O2. The Bertz CT molecular complexity index is 608. The van der Waals surface area contributed by atoms with E-state index in [0.29, 0.717) is 30.0 Å². The van der Waals surface area contributed by atoms with Crippen LogP contribution in [0.15, 0.2) is 0 Å². The highest BCUT2D eigenvalue weighted by Crippen LogP contribution is 2.35. The van der Waals surface area contributed by atoms with Crippen LogP contribution in [0, 0.1) is 31.1 Å². The van der Waals surface area contributed by atoms with E-state index in [2.05, 4.69) is 28.5 Å². The van der Waals surface area contributed by atoms with Crippen molar-refractivity contribution in [1.29, 1.82) is 5.26 Å². The molecule has 0 saturated heterocycles. The molecule has 1 heterocycles. The average Bonchev–Trinajstić information content (AvgIpc) is 2.43. The molecule has 6 nitrogen and oxygen atoms in total. The summed E-state index contributed by atoms with van der Waals surface area (Å²) in [4.78, 5) is 11.8. The van der Waals surface area contributed by atoms with Gasteiger partial charge in [-0.15, -0.1) is 5.10 Å². The minimum absolute atomic E-state index is 0.275. The highest BCUT2D eigenvalue weighted by molar-refractivity contribution is 5.83. The quantitative estimate of drug-likeness (QED) is 0.886. The normalized spacial score (nSPS) is 25.1. The van der Waals surface area contributed by atoms with E-state index in [1.807, 2.05) is 0 Å². The molecule has 2 unspecified atom stereocenters. The van der Waals surface area contributed by atoms with Crippen molar-refractivity contribution in [2.24, 2.45) is 5.92 Å². The maximum absolute atomic E-state index is 11.8. The van der Waals surface area contributed by atoms with Gasteiger partial charge in [-0.25, -0.2) is 4.79 Å². The summed E-state index contributed by atoms with van der Waals surface area (Å²) in [6, 6.07) is 2.10. The molecule has 1 aromatic heterocycles. The highest BCUT2D eigenvalue weighted by atomic mass is 16.4. The number of aliphatic carboxylic acids is 1. The Hall–Kier alpha value is -2.16. The number of nitriles is 1. The van der Waals surface area contributed by atoms with Crippen molar-refractivity contribution in [2.45, 2.75) is 52.0 Å². The number of carboxylic acid groups (broad SMARTS) is 1. The average molecular weight is 288 g/mol. The van der Waals surface area contributed by atoms with Crippen molar-refractivity contribution < 1.29 is 9.90 Å². The van der Waals surface area contributed by atoms with E-state index in [4.69, 9.17) is 0 Å². The van der Waals surface area contributed by atoms with E-state index in [9.17, 15) is 15.2 Å². The first-order valence-corrected chi connectivity index (χ1v) is 7.15. The van der Waals surface area contributed by atoms with Crippen molar-refractivity contribution >= 4 is 11.8 Å². The second kappa shape index (κ2) is 5.68. The highest BCUT2D eigenvalue weighted by Gasteiger charge is 2.42. The van der Waals surface area contributed by atoms with Gasteiger partial charge < -0.3 is 10.4 Å². The molecule has 6 heteroatoms. The second-order valence-corrected chi connectivity index (χ2v) is 5.96. The Labute approximate surface area is 124 Å². The molecule has 0 bridgehead atoms. The summed E-state index contributed by atoms with van der Waals surface area (Å²) in [7, 11) is 0. The zero-order valence-electron chi connectivity index (χ0n) is 12.6. The fourth-order valence-electron chi connectivity index (χ4n) is 2.97. The monoisotopic (exact) mass is 288 g/mol. The van der Waals surface area contributed by atoms with E-state index >= 15 is 0 Å². The number of aromatic nitrogens is 2. The third-order valence-electron chi connectivity index (χ3n) is 4.33. The molecule has 21 heavy (non-hydrogen) atoms. The SMILES string of the molecule is Cc1nnc(NC2(C(=O)O)CCCC(C)C2)c(C#N)c1C. The van der Waals surface area contributed by atoms with E-state index in [1.54, 1.807) is 13.8 Å². The van der Waals surface area contributed by atoms with Gasteiger partial charge in [-0.05, 0) is 38.2 Å². The number of nitrogens with one attached hydrogen (secondary N) is 1. The Kier molecular flexibility index (Phi) is 4.12. The van der Waals surface area contributed by atoms with Gasteiger partial charge in [-0.3, -0.25) is 0 Å². The van der Waals surface area contributed by atoms with Crippen LogP contribution in [0.2, 0.25) is 0 Å². The molecule has 2 rings (SSSR count). The summed E-state index contributed by atoms with van der Waals surface area (Å²) in [5.41, 5.74) is 0.735. The summed E-state index contributed by atoms with van der Waals surface area (Å²) in [6.45, 7) is 5.63. The van der Waals surface area contributed by atoms with Crippen LogP contribution >= 0.6 is 0 Å². The van der Waals surface area contributed by atoms with E-state index in [0.717, 1.165) is 18.4 Å². The smallest absolute Gasteiger partial charge is 0.329 e. The van der Waals surface area contributed by atoms with Crippen LogP contribution in [0.1, 0.15) is 49.4 Å². The van der Waals surface area contributed by atoms with Gasteiger partial charge >= 0.3 is 5.97 Å². The summed E-state index contributed by atoms with van der Waals surface area (Å²) in [5, 5.41) is 30.0. The van der Waals surface area contributed by atoms with Gasteiger partial charge in [0.2, 0.25) is 0 Å². The number of rotatable bonds is 3. The van der Waals surface area contributed by atoms with E-state index in [-0.39, 0.29) is 5.82 Å². The van der Waals surface area contributed by atoms with Gasteiger partial charge in [0.25, 0.3) is 0 Å². The van der Waals surface area contributed by atoms with Crippen LogP contribution in [0.25, 0.3) is 0 Å². The van der Waals surface area contributed by atoms with Crippen molar-refractivity contribution in [3.8, 4) is 6.07 Å². The molecule has 1 aromatic rings. The molecule has 0 aromatic carbocycles. The minimum Gasteiger partial charge on any atom is -0.480 e. The van der Waals surface area contributed by atoms with Crippen LogP contribution in [0.3, 0.4) is 0 Å². The zero-order chi connectivity index (χ0) is 15.6. The number of carbonyl (C=O) groups is 1. The van der Waals surface area contributed by atoms with Crippen LogP contribution in [-0.4, -0.2) is 26.8 Å². The molecule has 1 fully saturated rings. The van der Waals surface area contributed by atoms with Gasteiger partial charge in [0, 0.05) is 0 Å². The largest absolute Gasteiger partial charge is 0.480 e. The van der Waals surface area contributed by atoms with Crippen LogP contribution in [0.4, 0.5) is 5.82 Å². The summed E-state index contributed by atoms with van der Waals surface area (Å²) < 4.78 is 0. The standard InChI is InChI=1S/C15H20N4O2/c1-9-5-4-6-15(7-9,14(20)21)17-13-12(8-16)10(2)11(3)18-19-13/h9H,4-7H2,1-3H3,(H,17,19)(H,20,21). The van der Waals surface area contributed by atoms with Crippen molar-refractivity contribution in [1.82, 2.24) is 10.2 Å². The lowest BCUT2D eigenvalue weighted by Crippen LogP contribution is -2.50. The number of anilines is 1. The third kappa shape index (κ3) is 2.82. The molecule has 2 atom stereocenters. The fourth-order valence-corrected chi connectivity index (χ4v) is 2.97. The van der Waals surface area contributed by atoms with Gasteiger partial charge in [0.05, 0.1) is 5.69 Å². The minimum atomic E-state index is -1.06. The predicted octanol–water partition coefficient (Wildman–Crippen LogP) is 2.41. The first-order valence-electron chi connectivity index (χ1n) is 7.15. The number of carboxylic acids is 1. The third-order valence-corrected chi connectivity index (χ3v) is 4.33. The maximum Gasteiger partial charge on any atom is 0.329 e. The van der Waals surface area contributed by atoms with Gasteiger partial charge in [0.15, 0.2) is 5.82 Å². The molecule has 0 aliphatic heterocycles. The predicted molar refractivity (Wildman–Crippen MR) is 77.8 cm³/mol. The number of hydrogen-bond acceptors (Lipinski definition) is 5. The topological polar surface area (TPSA) is 98.9 Å². The second-order valence-electron chi connectivity index (χ2n) is 5.96. The Morgan fingerprint density at radius 2 is 2.19 bits per heavy atom. The molecule has 0 spiro atoms. The number of aryl methyl sites for hydroxylation is 1. The molecule has 112 valence electrons.